The van der Waals surface area contributed by atoms with Crippen molar-refractivity contribution in [3.63, 3.8) is 0 Å². The van der Waals surface area contributed by atoms with E-state index in [-0.39, 0.29) is 10.7 Å². The zero-order valence-electron chi connectivity index (χ0n) is 15.4. The Bertz CT molecular complexity index is 930. The largest absolute Gasteiger partial charge is 0.369 e. The molecule has 0 unspecified atom stereocenters. The first-order valence-corrected chi connectivity index (χ1v) is 10.2. The van der Waals surface area contributed by atoms with E-state index in [0.717, 1.165) is 0 Å². The first-order chi connectivity index (χ1) is 12.3. The van der Waals surface area contributed by atoms with E-state index in [9.17, 15) is 13.2 Å². The molecule has 0 radical (unpaired) electrons. The number of carbonyl (C=O) groups is 1. The summed E-state index contributed by atoms with van der Waals surface area (Å²) in [5.74, 6) is -0.137. The van der Waals surface area contributed by atoms with Crippen LogP contribution in [-0.2, 0) is 10.0 Å². The van der Waals surface area contributed by atoms with E-state index in [1.807, 2.05) is 6.07 Å². The fourth-order valence-electron chi connectivity index (χ4n) is 3.27. The number of nitrogens with zero attached hydrogens (tertiary/aromatic N) is 2. The van der Waals surface area contributed by atoms with E-state index in [4.69, 9.17) is 0 Å². The van der Waals surface area contributed by atoms with E-state index >= 15 is 0 Å². The van der Waals surface area contributed by atoms with Gasteiger partial charge in [0.15, 0.2) is 5.78 Å². The molecule has 2 aromatic carbocycles. The molecule has 0 N–H and O–H groups in total. The smallest absolute Gasteiger partial charge is 0.243 e. The summed E-state index contributed by atoms with van der Waals surface area (Å²) in [6.07, 6.45) is 0. The summed E-state index contributed by atoms with van der Waals surface area (Å²) in [6.45, 7) is 7.78. The minimum Gasteiger partial charge on any atom is -0.369 e. The van der Waals surface area contributed by atoms with Crippen LogP contribution in [0.4, 0.5) is 5.69 Å². The molecule has 5 nitrogen and oxygen atoms in total. The Morgan fingerprint density at radius 1 is 0.962 bits per heavy atom. The molecule has 0 atom stereocenters. The van der Waals surface area contributed by atoms with Gasteiger partial charge in [-0.15, -0.1) is 0 Å². The molecule has 0 aromatic heterocycles. The third-order valence-corrected chi connectivity index (χ3v) is 6.93. The highest BCUT2D eigenvalue weighted by Crippen LogP contribution is 2.26. The average molecular weight is 372 g/mol. The molecule has 0 aliphatic carbocycles. The second-order valence-electron chi connectivity index (χ2n) is 6.69. The minimum absolute atomic E-state index is 0.137. The zero-order chi connectivity index (χ0) is 18.9. The predicted molar refractivity (Wildman–Crippen MR) is 103 cm³/mol. The number of hydrogen-bond acceptors (Lipinski definition) is 4. The van der Waals surface area contributed by atoms with Gasteiger partial charge in [0, 0.05) is 37.4 Å². The quantitative estimate of drug-likeness (QED) is 0.774. The molecule has 1 heterocycles. The second kappa shape index (κ2) is 7.21. The molecule has 2 aromatic rings. The summed E-state index contributed by atoms with van der Waals surface area (Å²) in [5, 5.41) is 0. The molecule has 3 rings (SSSR count). The fraction of sp³-hybridized carbons (Fsp3) is 0.350. The Hall–Kier alpha value is -2.18. The van der Waals surface area contributed by atoms with Crippen LogP contribution in [0.15, 0.2) is 47.4 Å². The monoisotopic (exact) mass is 372 g/mol. The van der Waals surface area contributed by atoms with Gasteiger partial charge in [-0.25, -0.2) is 8.42 Å². The summed E-state index contributed by atoms with van der Waals surface area (Å²) in [4.78, 5) is 14.0. The van der Waals surface area contributed by atoms with Crippen molar-refractivity contribution in [1.82, 2.24) is 4.31 Å². The third kappa shape index (κ3) is 3.52. The van der Waals surface area contributed by atoms with E-state index in [1.165, 1.54) is 34.1 Å². The lowest BCUT2D eigenvalue weighted by atomic mass is 10.1. The molecule has 138 valence electrons. The van der Waals surface area contributed by atoms with Gasteiger partial charge in [0.25, 0.3) is 0 Å². The Morgan fingerprint density at radius 3 is 2.27 bits per heavy atom. The third-order valence-electron chi connectivity index (χ3n) is 5.03. The number of aryl methyl sites for hydroxylation is 1. The Labute approximate surface area is 155 Å². The van der Waals surface area contributed by atoms with E-state index in [2.05, 4.69) is 30.9 Å². The van der Waals surface area contributed by atoms with Gasteiger partial charge in [-0.05, 0) is 50.1 Å². The van der Waals surface area contributed by atoms with Crippen molar-refractivity contribution in [2.24, 2.45) is 0 Å². The van der Waals surface area contributed by atoms with Crippen LogP contribution in [0.5, 0.6) is 0 Å². The lowest BCUT2D eigenvalue weighted by Gasteiger charge is -2.36. The highest BCUT2D eigenvalue weighted by atomic mass is 32.2. The number of piperazine rings is 1. The number of sulfonamides is 1. The molecule has 6 heteroatoms. The summed E-state index contributed by atoms with van der Waals surface area (Å²) in [7, 11) is -3.59. The van der Waals surface area contributed by atoms with Crippen LogP contribution in [0.25, 0.3) is 0 Å². The normalized spacial score (nSPS) is 15.9. The van der Waals surface area contributed by atoms with Crippen LogP contribution in [-0.4, -0.2) is 44.7 Å². The number of carbonyl (C=O) groups excluding carboxylic acids is 1. The fourth-order valence-corrected chi connectivity index (χ4v) is 4.74. The summed E-state index contributed by atoms with van der Waals surface area (Å²) < 4.78 is 27.4. The van der Waals surface area contributed by atoms with Crippen LogP contribution in [0, 0.1) is 13.8 Å². The molecule has 1 aliphatic rings. The minimum atomic E-state index is -3.59. The summed E-state index contributed by atoms with van der Waals surface area (Å²) in [6, 6.07) is 12.5. The van der Waals surface area contributed by atoms with Crippen LogP contribution in [0.2, 0.25) is 0 Å². The Kier molecular flexibility index (Phi) is 5.16. The highest BCUT2D eigenvalue weighted by molar-refractivity contribution is 7.89. The van der Waals surface area contributed by atoms with Crippen molar-refractivity contribution in [3.05, 3.63) is 59.2 Å². The van der Waals surface area contributed by atoms with Gasteiger partial charge in [0.2, 0.25) is 10.0 Å². The zero-order valence-corrected chi connectivity index (χ0v) is 16.2. The molecule has 1 aliphatic heterocycles. The molecule has 0 amide bonds. The van der Waals surface area contributed by atoms with Crippen molar-refractivity contribution in [2.45, 2.75) is 25.7 Å². The van der Waals surface area contributed by atoms with Gasteiger partial charge in [-0.1, -0.05) is 24.3 Å². The summed E-state index contributed by atoms with van der Waals surface area (Å²) in [5.41, 5.74) is 4.05. The van der Waals surface area contributed by atoms with Gasteiger partial charge in [-0.2, -0.15) is 4.31 Å². The van der Waals surface area contributed by atoms with Crippen LogP contribution in [0.3, 0.4) is 0 Å². The van der Waals surface area contributed by atoms with Crippen molar-refractivity contribution < 1.29 is 13.2 Å². The number of hydrogen-bond donors (Lipinski definition) is 0. The topological polar surface area (TPSA) is 57.7 Å². The average Bonchev–Trinajstić information content (AvgIpc) is 2.64. The van der Waals surface area contributed by atoms with Gasteiger partial charge in [0.1, 0.15) is 0 Å². The van der Waals surface area contributed by atoms with E-state index in [1.54, 1.807) is 18.2 Å². The maximum Gasteiger partial charge on any atom is 0.243 e. The molecule has 1 saturated heterocycles. The molecule has 1 fully saturated rings. The SMILES string of the molecule is CC(=O)c1cccc(S(=O)(=O)N2CCN(c3cccc(C)c3C)CC2)c1. The van der Waals surface area contributed by atoms with Crippen molar-refractivity contribution >= 4 is 21.5 Å². The van der Waals surface area contributed by atoms with Crippen molar-refractivity contribution in [1.29, 1.82) is 0 Å². The first kappa shape index (κ1) is 18.6. The molecule has 26 heavy (non-hydrogen) atoms. The summed E-state index contributed by atoms with van der Waals surface area (Å²) >= 11 is 0. The van der Waals surface area contributed by atoms with Crippen LogP contribution < -0.4 is 4.90 Å². The Balaban J connectivity index is 1.78. The standard InChI is InChI=1S/C20H24N2O3S/c1-15-6-4-9-20(16(15)2)21-10-12-22(13-11-21)26(24,25)19-8-5-7-18(14-19)17(3)23/h4-9,14H,10-13H2,1-3H3. The first-order valence-electron chi connectivity index (χ1n) is 8.73. The van der Waals surface area contributed by atoms with Crippen LogP contribution in [0.1, 0.15) is 28.4 Å². The Morgan fingerprint density at radius 2 is 1.62 bits per heavy atom. The van der Waals surface area contributed by atoms with Crippen LogP contribution >= 0.6 is 0 Å². The molecule has 0 spiro atoms. The van der Waals surface area contributed by atoms with E-state index < -0.39 is 10.0 Å². The molecule has 0 bridgehead atoms. The lowest BCUT2D eigenvalue weighted by Crippen LogP contribution is -2.48. The van der Waals surface area contributed by atoms with Crippen molar-refractivity contribution in [3.8, 4) is 0 Å². The maximum atomic E-state index is 12.9. The lowest BCUT2D eigenvalue weighted by molar-refractivity contribution is 0.101. The second-order valence-corrected chi connectivity index (χ2v) is 8.63. The van der Waals surface area contributed by atoms with Gasteiger partial charge >= 0.3 is 0 Å². The number of rotatable bonds is 4. The number of Topliss-reactive ketones (excluding diaryl/α,β-unsaturated/α-hetero) is 1. The molecular weight excluding hydrogens is 348 g/mol. The van der Waals surface area contributed by atoms with Gasteiger partial charge in [0.05, 0.1) is 4.90 Å². The van der Waals surface area contributed by atoms with Gasteiger partial charge < -0.3 is 4.90 Å². The number of anilines is 1. The predicted octanol–water partition coefficient (Wildman–Crippen LogP) is 3.02. The number of benzene rings is 2. The molecule has 0 saturated carbocycles. The van der Waals surface area contributed by atoms with E-state index in [0.29, 0.717) is 31.7 Å². The maximum absolute atomic E-state index is 12.9. The molecular formula is C20H24N2O3S. The van der Waals surface area contributed by atoms with Crippen molar-refractivity contribution in [2.75, 3.05) is 31.1 Å². The highest BCUT2D eigenvalue weighted by Gasteiger charge is 2.29. The van der Waals surface area contributed by atoms with Gasteiger partial charge in [-0.3, -0.25) is 4.79 Å². The number of ketones is 1.